The minimum Gasteiger partial charge on any atom is -0.482 e. The molecule has 0 bridgehead atoms. The van der Waals surface area contributed by atoms with Crippen molar-refractivity contribution in [3.05, 3.63) is 59.7 Å². The summed E-state index contributed by atoms with van der Waals surface area (Å²) in [5, 5.41) is 0. The highest BCUT2D eigenvalue weighted by atomic mass is 16.6. The number of nitrogens with zero attached hydrogens (tertiary/aromatic N) is 1. The second-order valence-electron chi connectivity index (χ2n) is 6.16. The standard InChI is InChI=1S/C20H21NO4/c1-14-7-3-6-10-18(14)24-13-20(23)25-12-19(22)21-15(2)11-16-8-4-5-9-17(16)21/h3-10,15H,11-13H2,1-2H3/t15-/m1/s1. The maximum Gasteiger partial charge on any atom is 0.344 e. The van der Waals surface area contributed by atoms with Crippen LogP contribution in [0.25, 0.3) is 0 Å². The molecule has 0 radical (unpaired) electrons. The van der Waals surface area contributed by atoms with Gasteiger partial charge in [0.2, 0.25) is 0 Å². The van der Waals surface area contributed by atoms with Gasteiger partial charge in [-0.25, -0.2) is 4.79 Å². The zero-order chi connectivity index (χ0) is 17.8. The van der Waals surface area contributed by atoms with Crippen molar-refractivity contribution >= 4 is 17.6 Å². The number of aryl methyl sites for hydroxylation is 1. The summed E-state index contributed by atoms with van der Waals surface area (Å²) in [6.45, 7) is 3.39. The highest BCUT2D eigenvalue weighted by Gasteiger charge is 2.30. The normalized spacial score (nSPS) is 15.6. The van der Waals surface area contributed by atoms with Crippen LogP contribution in [0.1, 0.15) is 18.1 Å². The smallest absolute Gasteiger partial charge is 0.344 e. The van der Waals surface area contributed by atoms with E-state index in [-0.39, 0.29) is 25.2 Å². The molecular formula is C20H21NO4. The summed E-state index contributed by atoms with van der Waals surface area (Å²) >= 11 is 0. The van der Waals surface area contributed by atoms with Crippen LogP contribution in [0.15, 0.2) is 48.5 Å². The van der Waals surface area contributed by atoms with Crippen molar-refractivity contribution in [3.8, 4) is 5.75 Å². The van der Waals surface area contributed by atoms with Gasteiger partial charge in [-0.2, -0.15) is 0 Å². The number of esters is 1. The zero-order valence-electron chi connectivity index (χ0n) is 14.4. The van der Waals surface area contributed by atoms with E-state index >= 15 is 0 Å². The Kier molecular flexibility index (Phi) is 5.03. The minimum absolute atomic E-state index is 0.0619. The average molecular weight is 339 g/mol. The first-order valence-electron chi connectivity index (χ1n) is 8.30. The van der Waals surface area contributed by atoms with Gasteiger partial charge < -0.3 is 14.4 Å². The molecule has 5 nitrogen and oxygen atoms in total. The third kappa shape index (κ3) is 3.82. The number of anilines is 1. The van der Waals surface area contributed by atoms with Gasteiger partial charge in [0.05, 0.1) is 0 Å². The number of benzene rings is 2. The van der Waals surface area contributed by atoms with E-state index in [4.69, 9.17) is 9.47 Å². The number of rotatable bonds is 5. The van der Waals surface area contributed by atoms with E-state index in [2.05, 4.69) is 0 Å². The molecule has 1 aliphatic rings. The molecular weight excluding hydrogens is 318 g/mol. The van der Waals surface area contributed by atoms with E-state index in [1.165, 1.54) is 0 Å². The summed E-state index contributed by atoms with van der Waals surface area (Å²) in [4.78, 5) is 26.0. The maximum absolute atomic E-state index is 12.5. The van der Waals surface area contributed by atoms with Crippen LogP contribution in [0.4, 0.5) is 5.69 Å². The van der Waals surface area contributed by atoms with E-state index in [9.17, 15) is 9.59 Å². The van der Waals surface area contributed by atoms with Crippen molar-refractivity contribution in [1.82, 2.24) is 0 Å². The Morgan fingerprint density at radius 2 is 1.80 bits per heavy atom. The first-order chi connectivity index (χ1) is 12.1. The number of carbonyl (C=O) groups is 2. The fraction of sp³-hybridized carbons (Fsp3) is 0.300. The molecule has 1 amide bonds. The molecule has 2 aromatic carbocycles. The van der Waals surface area contributed by atoms with E-state index in [0.29, 0.717) is 5.75 Å². The predicted octanol–water partition coefficient (Wildman–Crippen LogP) is 2.89. The number of ether oxygens (including phenoxy) is 2. The van der Waals surface area contributed by atoms with Crippen molar-refractivity contribution in [2.75, 3.05) is 18.1 Å². The highest BCUT2D eigenvalue weighted by Crippen LogP contribution is 2.31. The van der Waals surface area contributed by atoms with Gasteiger partial charge in [0.1, 0.15) is 5.75 Å². The lowest BCUT2D eigenvalue weighted by Gasteiger charge is -2.22. The lowest BCUT2D eigenvalue weighted by molar-refractivity contribution is -0.149. The van der Waals surface area contributed by atoms with Crippen LogP contribution < -0.4 is 9.64 Å². The van der Waals surface area contributed by atoms with Gasteiger partial charge in [0.25, 0.3) is 5.91 Å². The molecule has 1 atom stereocenters. The Bertz CT molecular complexity index is 787. The van der Waals surface area contributed by atoms with Crippen LogP contribution in [-0.4, -0.2) is 31.1 Å². The second kappa shape index (κ2) is 7.38. The molecule has 0 spiro atoms. The first-order valence-corrected chi connectivity index (χ1v) is 8.30. The van der Waals surface area contributed by atoms with Crippen LogP contribution in [0.2, 0.25) is 0 Å². The van der Waals surface area contributed by atoms with Crippen molar-refractivity contribution in [2.24, 2.45) is 0 Å². The summed E-state index contributed by atoms with van der Waals surface area (Å²) in [5.74, 6) is -0.147. The Morgan fingerprint density at radius 3 is 2.60 bits per heavy atom. The molecule has 25 heavy (non-hydrogen) atoms. The SMILES string of the molecule is Cc1ccccc1OCC(=O)OCC(=O)N1c2ccccc2C[C@H]1C. The monoisotopic (exact) mass is 339 g/mol. The lowest BCUT2D eigenvalue weighted by Crippen LogP contribution is -2.39. The molecule has 0 unspecified atom stereocenters. The Balaban J connectivity index is 1.52. The Morgan fingerprint density at radius 1 is 1.08 bits per heavy atom. The fourth-order valence-corrected chi connectivity index (χ4v) is 3.05. The fourth-order valence-electron chi connectivity index (χ4n) is 3.05. The van der Waals surface area contributed by atoms with E-state index in [1.54, 1.807) is 11.0 Å². The van der Waals surface area contributed by atoms with Crippen LogP contribution in [0.3, 0.4) is 0 Å². The topological polar surface area (TPSA) is 55.8 Å². The van der Waals surface area contributed by atoms with Crippen LogP contribution in [0, 0.1) is 6.92 Å². The zero-order valence-corrected chi connectivity index (χ0v) is 14.4. The van der Waals surface area contributed by atoms with E-state index < -0.39 is 5.97 Å². The van der Waals surface area contributed by atoms with Crippen molar-refractivity contribution in [1.29, 1.82) is 0 Å². The highest BCUT2D eigenvalue weighted by molar-refractivity contribution is 5.97. The van der Waals surface area contributed by atoms with Gasteiger partial charge in [0.15, 0.2) is 13.2 Å². The number of hydrogen-bond donors (Lipinski definition) is 0. The van der Waals surface area contributed by atoms with Crippen molar-refractivity contribution < 1.29 is 19.1 Å². The van der Waals surface area contributed by atoms with Gasteiger partial charge in [-0.15, -0.1) is 0 Å². The van der Waals surface area contributed by atoms with Crippen LogP contribution >= 0.6 is 0 Å². The molecule has 2 aromatic rings. The summed E-state index contributed by atoms with van der Waals surface area (Å²) in [7, 11) is 0. The molecule has 0 saturated heterocycles. The molecule has 130 valence electrons. The molecule has 3 rings (SSSR count). The van der Waals surface area contributed by atoms with Crippen molar-refractivity contribution in [2.45, 2.75) is 26.3 Å². The lowest BCUT2D eigenvalue weighted by atomic mass is 10.1. The Labute approximate surface area is 147 Å². The minimum atomic E-state index is -0.559. The van der Waals surface area contributed by atoms with Gasteiger partial charge in [-0.05, 0) is 43.5 Å². The van der Waals surface area contributed by atoms with Crippen LogP contribution in [0.5, 0.6) is 5.75 Å². The van der Waals surface area contributed by atoms with Gasteiger partial charge >= 0.3 is 5.97 Å². The third-order valence-electron chi connectivity index (χ3n) is 4.27. The molecule has 0 aliphatic carbocycles. The molecule has 5 heteroatoms. The molecule has 1 heterocycles. The molecule has 0 aromatic heterocycles. The number of para-hydroxylation sites is 2. The summed E-state index contributed by atoms with van der Waals surface area (Å²) in [5.41, 5.74) is 2.97. The maximum atomic E-state index is 12.5. The van der Waals surface area contributed by atoms with Crippen LogP contribution in [-0.2, 0) is 20.7 Å². The molecule has 1 aliphatic heterocycles. The quantitative estimate of drug-likeness (QED) is 0.786. The first kappa shape index (κ1) is 17.0. The van der Waals surface area contributed by atoms with E-state index in [1.807, 2.05) is 56.3 Å². The Hall–Kier alpha value is -2.82. The van der Waals surface area contributed by atoms with E-state index in [0.717, 1.165) is 23.2 Å². The summed E-state index contributed by atoms with van der Waals surface area (Å²) < 4.78 is 10.5. The summed E-state index contributed by atoms with van der Waals surface area (Å²) in [6.07, 6.45) is 0.812. The summed E-state index contributed by atoms with van der Waals surface area (Å²) in [6, 6.07) is 15.3. The molecule has 0 fully saturated rings. The van der Waals surface area contributed by atoms with Gasteiger partial charge in [0, 0.05) is 11.7 Å². The van der Waals surface area contributed by atoms with Gasteiger partial charge in [-0.1, -0.05) is 36.4 Å². The number of hydrogen-bond acceptors (Lipinski definition) is 4. The molecule has 0 saturated carbocycles. The van der Waals surface area contributed by atoms with Crippen molar-refractivity contribution in [3.63, 3.8) is 0 Å². The second-order valence-corrected chi connectivity index (χ2v) is 6.16. The van der Waals surface area contributed by atoms with Gasteiger partial charge in [-0.3, -0.25) is 4.79 Å². The largest absolute Gasteiger partial charge is 0.482 e. The number of amides is 1. The third-order valence-corrected chi connectivity index (χ3v) is 4.27. The number of fused-ring (bicyclic) bond motifs is 1. The predicted molar refractivity (Wildman–Crippen MR) is 94.7 cm³/mol. The average Bonchev–Trinajstić information content (AvgIpc) is 2.94. The molecule has 0 N–H and O–H groups in total. The number of carbonyl (C=O) groups excluding carboxylic acids is 2.